The van der Waals surface area contributed by atoms with Gasteiger partial charge in [0, 0.05) is 42.2 Å². The zero-order chi connectivity index (χ0) is 36.2. The van der Waals surface area contributed by atoms with Crippen LogP contribution < -0.4 is 19.7 Å². The minimum absolute atomic E-state index is 0.0695. The van der Waals surface area contributed by atoms with Gasteiger partial charge >= 0.3 is 0 Å². The van der Waals surface area contributed by atoms with E-state index in [4.69, 9.17) is 25.8 Å². The molecule has 4 aromatic rings. The minimum atomic E-state index is -1.97. The zero-order valence-corrected chi connectivity index (χ0v) is 31.4. The summed E-state index contributed by atoms with van der Waals surface area (Å²) in [6.45, 7) is 3.95. The van der Waals surface area contributed by atoms with Gasteiger partial charge in [-0.3, -0.25) is 4.79 Å². The molecular formula is C40H45ClN5O5S-. The number of hydrogen-bond donors (Lipinski definition) is 1. The number of aryl methyl sites for hydroxylation is 1. The fraction of sp³-hybridized carbons (Fsp3) is 0.425. The highest BCUT2D eigenvalue weighted by molar-refractivity contribution is 7.76. The maximum absolute atomic E-state index is 14.2. The summed E-state index contributed by atoms with van der Waals surface area (Å²) in [7, 11) is 1.40. The SMILES string of the molecule is COc1ccc2c(NC3[C@@H](C)C/C=C/[C@H](OC)[C@@H]4CC[C@H]4CN4Cc5ccc(Cl)cc5CCCCOc5ccc(cc54)C(=O)N=[S-]3=O)ncnc2c1. The van der Waals surface area contributed by atoms with Crippen LogP contribution in [0.2, 0.25) is 5.02 Å². The van der Waals surface area contributed by atoms with Crippen LogP contribution in [-0.4, -0.2) is 54.7 Å². The van der Waals surface area contributed by atoms with Crippen LogP contribution in [0, 0.1) is 17.8 Å². The number of ether oxygens (including phenoxy) is 3. The Hall–Kier alpha value is -4.19. The molecule has 3 aromatic carbocycles. The number of rotatable bonds is 4. The molecule has 1 fully saturated rings. The van der Waals surface area contributed by atoms with Gasteiger partial charge in [0.15, 0.2) is 0 Å². The van der Waals surface area contributed by atoms with E-state index in [9.17, 15) is 9.00 Å². The van der Waals surface area contributed by atoms with E-state index in [1.54, 1.807) is 20.3 Å². The van der Waals surface area contributed by atoms with E-state index >= 15 is 0 Å². The number of hydrogen-bond acceptors (Lipinski definition) is 10. The average molecular weight is 743 g/mol. The lowest BCUT2D eigenvalue weighted by atomic mass is 9.70. The third-order valence-corrected chi connectivity index (χ3v) is 12.3. The van der Waals surface area contributed by atoms with Crippen molar-refractivity contribution in [1.29, 1.82) is 0 Å². The highest BCUT2D eigenvalue weighted by Crippen LogP contribution is 2.42. The van der Waals surface area contributed by atoms with Crippen LogP contribution in [0.25, 0.3) is 10.9 Å². The van der Waals surface area contributed by atoms with Gasteiger partial charge in [-0.2, -0.15) is 10.6 Å². The van der Waals surface area contributed by atoms with Gasteiger partial charge < -0.3 is 33.0 Å². The molecule has 10 nitrogen and oxygen atoms in total. The third-order valence-electron chi connectivity index (χ3n) is 10.7. The minimum Gasteiger partial charge on any atom is -0.497 e. The molecule has 52 heavy (non-hydrogen) atoms. The van der Waals surface area contributed by atoms with E-state index < -0.39 is 21.9 Å². The number of allylic oxidation sites excluding steroid dienone is 1. The lowest BCUT2D eigenvalue weighted by molar-refractivity contribution is 0.0133. The molecular weight excluding hydrogens is 698 g/mol. The Labute approximate surface area is 312 Å². The Kier molecular flexibility index (Phi) is 11.3. The summed E-state index contributed by atoms with van der Waals surface area (Å²) < 4.78 is 36.4. The molecule has 1 amide bonds. The van der Waals surface area contributed by atoms with Gasteiger partial charge in [-0.1, -0.05) is 36.7 Å². The Morgan fingerprint density at radius 3 is 2.71 bits per heavy atom. The van der Waals surface area contributed by atoms with Gasteiger partial charge in [-0.05, 0) is 115 Å². The van der Waals surface area contributed by atoms with E-state index in [0.29, 0.717) is 54.1 Å². The fourth-order valence-corrected chi connectivity index (χ4v) is 8.83. The van der Waals surface area contributed by atoms with Crippen molar-refractivity contribution >= 4 is 50.5 Å². The van der Waals surface area contributed by atoms with Crippen LogP contribution in [0.4, 0.5) is 11.5 Å². The van der Waals surface area contributed by atoms with Crippen LogP contribution in [0.15, 0.2) is 77.4 Å². The predicted octanol–water partition coefficient (Wildman–Crippen LogP) is 8.38. The maximum Gasteiger partial charge on any atom is 0.254 e. The second-order valence-electron chi connectivity index (χ2n) is 14.0. The van der Waals surface area contributed by atoms with Crippen LogP contribution in [0.1, 0.15) is 60.5 Å². The largest absolute Gasteiger partial charge is 0.497 e. The van der Waals surface area contributed by atoms with Crippen molar-refractivity contribution in [3.05, 3.63) is 94.8 Å². The summed E-state index contributed by atoms with van der Waals surface area (Å²) in [6.07, 6.45) is 11.1. The first-order chi connectivity index (χ1) is 25.3. The molecule has 1 saturated carbocycles. The number of fused-ring (bicyclic) bond motifs is 4. The number of anilines is 2. The van der Waals surface area contributed by atoms with E-state index in [1.807, 2.05) is 43.3 Å². The molecule has 12 heteroatoms. The fourth-order valence-electron chi connectivity index (χ4n) is 7.53. The van der Waals surface area contributed by atoms with E-state index in [-0.39, 0.29) is 12.0 Å². The van der Waals surface area contributed by atoms with Crippen molar-refractivity contribution in [3.63, 3.8) is 0 Å². The van der Waals surface area contributed by atoms with Crippen molar-refractivity contribution in [2.24, 2.45) is 22.1 Å². The normalized spacial score (nSPS) is 25.0. The molecule has 1 N–H and O–H groups in total. The lowest BCUT2D eigenvalue weighted by Crippen LogP contribution is -2.43. The average Bonchev–Trinajstić information content (AvgIpc) is 3.17. The molecule has 3 aliphatic rings. The number of carbonyl (C=O) groups excluding carboxylic acids is 1. The predicted molar refractivity (Wildman–Crippen MR) is 206 cm³/mol. The molecule has 3 heterocycles. The highest BCUT2D eigenvalue weighted by atomic mass is 35.5. The van der Waals surface area contributed by atoms with Crippen LogP contribution in [0.3, 0.4) is 0 Å². The molecule has 2 aliphatic heterocycles. The molecule has 0 spiro atoms. The zero-order valence-electron chi connectivity index (χ0n) is 29.8. The molecule has 2 bridgehead atoms. The van der Waals surface area contributed by atoms with Crippen molar-refractivity contribution in [2.75, 3.05) is 37.6 Å². The Morgan fingerprint density at radius 2 is 1.90 bits per heavy atom. The topological polar surface area (TPSA) is 115 Å². The quantitative estimate of drug-likeness (QED) is 0.163. The molecule has 0 saturated heterocycles. The van der Waals surface area contributed by atoms with Crippen molar-refractivity contribution < 1.29 is 23.2 Å². The van der Waals surface area contributed by atoms with Crippen molar-refractivity contribution in [1.82, 2.24) is 9.97 Å². The Balaban J connectivity index is 1.31. The standard InChI is InChI=1S/C40H45ClN5O5S/c1-25-7-6-9-36(50-3)32-15-11-29(32)23-46-22-28-10-13-30(41)19-26(28)8-4-5-18-51-37-17-12-27(20-35(37)46)39(47)45-52(48)40(25)44-38-33-16-14-31(49-2)21-34(33)42-24-43-38/h6,9-10,12-14,16-17,19-21,24-25,29,32,36,40H,4-5,7-8,11,15,18,22-23H2,1-3H3,(H,42,43,44)/q-1/b9-6+/t25-,29-,32+,36-,40?/m0/s1. The summed E-state index contributed by atoms with van der Waals surface area (Å²) in [5.41, 5.74) is 4.28. The van der Waals surface area contributed by atoms with E-state index in [1.165, 1.54) is 17.5 Å². The number of amides is 1. The van der Waals surface area contributed by atoms with E-state index in [0.717, 1.165) is 60.5 Å². The molecule has 5 atom stereocenters. The maximum atomic E-state index is 14.2. The van der Waals surface area contributed by atoms with Crippen LogP contribution >= 0.6 is 11.6 Å². The molecule has 7 rings (SSSR count). The van der Waals surface area contributed by atoms with Gasteiger partial charge in [0.25, 0.3) is 5.91 Å². The van der Waals surface area contributed by atoms with Gasteiger partial charge in [0.1, 0.15) is 23.6 Å². The third kappa shape index (κ3) is 7.91. The number of aromatic nitrogens is 2. The summed E-state index contributed by atoms with van der Waals surface area (Å²) in [4.78, 5) is 25.2. The summed E-state index contributed by atoms with van der Waals surface area (Å²) in [5.74, 6) is 1.83. The Morgan fingerprint density at radius 1 is 1.02 bits per heavy atom. The van der Waals surface area contributed by atoms with Gasteiger partial charge in [-0.15, -0.1) is 0 Å². The molecule has 1 aromatic heterocycles. The summed E-state index contributed by atoms with van der Waals surface area (Å²) >= 11 is 6.48. The number of nitrogens with zero attached hydrogens (tertiary/aromatic N) is 4. The lowest BCUT2D eigenvalue weighted by Gasteiger charge is -2.43. The number of carbonyl (C=O) groups is 1. The van der Waals surface area contributed by atoms with Crippen LogP contribution in [0.5, 0.6) is 11.5 Å². The first-order valence-corrected chi connectivity index (χ1v) is 19.6. The summed E-state index contributed by atoms with van der Waals surface area (Å²) in [6, 6.07) is 17.1. The molecule has 1 aliphatic carbocycles. The summed E-state index contributed by atoms with van der Waals surface area (Å²) in [5, 5.41) is 4.12. The van der Waals surface area contributed by atoms with Gasteiger partial charge in [0.2, 0.25) is 0 Å². The second-order valence-corrected chi connectivity index (χ2v) is 15.6. The monoisotopic (exact) mass is 742 g/mol. The molecule has 0 radical (unpaired) electrons. The second kappa shape index (κ2) is 16.2. The smallest absolute Gasteiger partial charge is 0.254 e. The van der Waals surface area contributed by atoms with E-state index in [2.05, 4.69) is 48.8 Å². The highest BCUT2D eigenvalue weighted by Gasteiger charge is 2.38. The number of nitrogens with one attached hydrogen (secondary N) is 1. The number of halogens is 1. The molecule has 1 unspecified atom stereocenters. The van der Waals surface area contributed by atoms with Crippen molar-refractivity contribution in [2.45, 2.75) is 63.5 Å². The number of benzene rings is 3. The van der Waals surface area contributed by atoms with Gasteiger partial charge in [0.05, 0.1) is 31.0 Å². The molecule has 274 valence electrons. The van der Waals surface area contributed by atoms with Gasteiger partial charge in [-0.25, -0.2) is 9.97 Å². The van der Waals surface area contributed by atoms with Crippen LogP contribution in [-0.2, 0) is 32.5 Å². The first-order valence-electron chi connectivity index (χ1n) is 18.0. The Bertz CT molecular complexity index is 2050. The van der Waals surface area contributed by atoms with Crippen molar-refractivity contribution in [3.8, 4) is 11.5 Å². The first kappa shape index (κ1) is 36.2. The number of methoxy groups -OCH3 is 2.